The van der Waals surface area contributed by atoms with Crippen LogP contribution in [0.25, 0.3) is 5.52 Å². The number of rotatable bonds is 13. The van der Waals surface area contributed by atoms with Crippen LogP contribution in [0.15, 0.2) is 53.8 Å². The minimum Gasteiger partial charge on any atom is -0.464 e. The molecule has 0 amide bonds. The molecule has 230 valence electrons. The van der Waals surface area contributed by atoms with Crippen LogP contribution in [0.2, 0.25) is 0 Å². The SMILES string of the molecule is CCC(CC)COC(=O)[C@H](C)N=CP(=O)(OC[C@H]1O[C@@](C#N)(c2ccc3c(N)ncnn23)[C@H](O)[C@@H]1O)Oc1ccccc1. The number of esters is 1. The van der Waals surface area contributed by atoms with Gasteiger partial charge in [-0.15, -0.1) is 0 Å². The molecule has 0 radical (unpaired) electrons. The zero-order chi connectivity index (χ0) is 31.2. The van der Waals surface area contributed by atoms with Crippen LogP contribution in [0, 0.1) is 17.2 Å². The smallest absolute Gasteiger partial charge is 0.421 e. The normalized spacial score (nSPS) is 24.2. The summed E-state index contributed by atoms with van der Waals surface area (Å²) in [5.74, 6) is 0.846. The van der Waals surface area contributed by atoms with Crippen molar-refractivity contribution in [2.75, 3.05) is 18.9 Å². The molecule has 1 saturated heterocycles. The average Bonchev–Trinajstić information content (AvgIpc) is 3.56. The molecule has 0 aliphatic carbocycles. The van der Waals surface area contributed by atoms with E-state index in [1.807, 2.05) is 19.9 Å². The van der Waals surface area contributed by atoms with E-state index in [1.165, 1.54) is 23.8 Å². The number of nitrogen functional groups attached to an aromatic ring is 1. The standard InChI is InChI=1S/C28H35N6O8P/c1-4-19(5-2)13-39-27(37)18(3)32-17-43(38,42-20-9-7-6-8-10-20)40-14-22-24(35)25(36)28(15-29,41-22)23-12-11-21-26(30)31-16-33-34(21)23/h6-12,16-19,22,24-25,35-36H,4-5,13-14H2,1-3H3,(H2,30,31,33)/t18-,22+,24+,25+,28-,43?/m0/s1. The van der Waals surface area contributed by atoms with E-state index in [-0.39, 0.29) is 29.8 Å². The molecule has 0 bridgehead atoms. The number of nitrogens with zero attached hydrogens (tertiary/aromatic N) is 5. The Morgan fingerprint density at radius 3 is 2.67 bits per heavy atom. The molecule has 1 unspecified atom stereocenters. The molecule has 1 aromatic carbocycles. The molecule has 4 rings (SSSR count). The van der Waals surface area contributed by atoms with Gasteiger partial charge in [0.25, 0.3) is 0 Å². The Balaban J connectivity index is 1.54. The molecule has 1 aliphatic heterocycles. The number of para-hydroxylation sites is 1. The van der Waals surface area contributed by atoms with Crippen LogP contribution in [0.5, 0.6) is 5.75 Å². The molecule has 14 nitrogen and oxygen atoms in total. The zero-order valence-electron chi connectivity index (χ0n) is 24.0. The fourth-order valence-corrected chi connectivity index (χ4v) is 5.83. The van der Waals surface area contributed by atoms with Gasteiger partial charge in [-0.2, -0.15) is 10.4 Å². The van der Waals surface area contributed by atoms with E-state index in [0.29, 0.717) is 5.52 Å². The van der Waals surface area contributed by atoms with Gasteiger partial charge in [-0.05, 0) is 37.1 Å². The molecule has 1 fully saturated rings. The first-order valence-electron chi connectivity index (χ1n) is 13.8. The van der Waals surface area contributed by atoms with Crippen molar-refractivity contribution in [3.8, 4) is 11.8 Å². The summed E-state index contributed by atoms with van der Waals surface area (Å²) in [5, 5.41) is 36.1. The molecule has 43 heavy (non-hydrogen) atoms. The number of aromatic nitrogens is 3. The Kier molecular flexibility index (Phi) is 10.2. The number of benzene rings is 1. The summed E-state index contributed by atoms with van der Waals surface area (Å²) in [6, 6.07) is 12.1. The maximum atomic E-state index is 13.8. The lowest BCUT2D eigenvalue weighted by Crippen LogP contribution is -2.41. The summed E-state index contributed by atoms with van der Waals surface area (Å²) in [6.07, 6.45) is -1.82. The molecular weight excluding hydrogens is 579 g/mol. The van der Waals surface area contributed by atoms with Crippen molar-refractivity contribution in [1.82, 2.24) is 14.6 Å². The van der Waals surface area contributed by atoms with Crippen LogP contribution in [-0.2, 0) is 29.0 Å². The minimum atomic E-state index is -4.24. The Labute approximate surface area is 248 Å². The monoisotopic (exact) mass is 614 g/mol. The van der Waals surface area contributed by atoms with Gasteiger partial charge < -0.3 is 29.9 Å². The Hall–Kier alpha value is -3.86. The maximum Gasteiger partial charge on any atom is 0.421 e. The number of hydrogen-bond donors (Lipinski definition) is 3. The van der Waals surface area contributed by atoms with Crippen LogP contribution in [0.4, 0.5) is 5.82 Å². The van der Waals surface area contributed by atoms with Crippen molar-refractivity contribution in [3.05, 3.63) is 54.5 Å². The highest BCUT2D eigenvalue weighted by atomic mass is 31.2. The Morgan fingerprint density at radius 2 is 2.00 bits per heavy atom. The third kappa shape index (κ3) is 6.87. The number of aliphatic hydroxyl groups is 2. The van der Waals surface area contributed by atoms with Crippen LogP contribution < -0.4 is 10.3 Å². The lowest BCUT2D eigenvalue weighted by atomic mass is 9.92. The van der Waals surface area contributed by atoms with Gasteiger partial charge in [0.2, 0.25) is 5.60 Å². The minimum absolute atomic E-state index is 0.0964. The zero-order valence-corrected chi connectivity index (χ0v) is 24.9. The van der Waals surface area contributed by atoms with Gasteiger partial charge in [-0.25, -0.2) is 18.9 Å². The van der Waals surface area contributed by atoms with E-state index < -0.39 is 50.1 Å². The van der Waals surface area contributed by atoms with Crippen molar-refractivity contribution in [2.45, 2.75) is 63.6 Å². The number of ether oxygens (including phenoxy) is 2. The number of anilines is 1. The van der Waals surface area contributed by atoms with Gasteiger partial charge in [0, 0.05) is 0 Å². The van der Waals surface area contributed by atoms with Gasteiger partial charge >= 0.3 is 13.6 Å². The number of carbonyl (C=O) groups is 1. The molecule has 15 heteroatoms. The first kappa shape index (κ1) is 32.1. The van der Waals surface area contributed by atoms with Gasteiger partial charge in [-0.3, -0.25) is 9.52 Å². The second-order valence-electron chi connectivity index (χ2n) is 10.1. The summed E-state index contributed by atoms with van der Waals surface area (Å²) >= 11 is 0. The molecule has 6 atom stereocenters. The summed E-state index contributed by atoms with van der Waals surface area (Å²) in [6.45, 7) is 5.17. The molecule has 3 heterocycles. The number of carbonyl (C=O) groups excluding carboxylic acids is 1. The topological polar surface area (TPSA) is 204 Å². The van der Waals surface area contributed by atoms with Gasteiger partial charge in [0.05, 0.1) is 18.9 Å². The molecule has 0 spiro atoms. The second kappa shape index (κ2) is 13.6. The molecule has 0 saturated carbocycles. The highest BCUT2D eigenvalue weighted by Crippen LogP contribution is 2.48. The molecule has 2 aromatic heterocycles. The number of aliphatic imine (C=N–C) groups is 1. The fraction of sp³-hybridized carbons (Fsp3) is 0.464. The van der Waals surface area contributed by atoms with Crippen molar-refractivity contribution >= 4 is 30.9 Å². The lowest BCUT2D eigenvalue weighted by Gasteiger charge is -2.24. The highest BCUT2D eigenvalue weighted by molar-refractivity contribution is 7.70. The third-order valence-electron chi connectivity index (χ3n) is 7.27. The van der Waals surface area contributed by atoms with E-state index in [9.17, 15) is 24.8 Å². The van der Waals surface area contributed by atoms with E-state index in [4.69, 9.17) is 24.3 Å². The first-order chi connectivity index (χ1) is 20.6. The van der Waals surface area contributed by atoms with Crippen molar-refractivity contribution in [1.29, 1.82) is 5.26 Å². The molecule has 3 aromatic rings. The Bertz CT molecular complexity index is 1520. The largest absolute Gasteiger partial charge is 0.464 e. The maximum absolute atomic E-state index is 13.8. The average molecular weight is 615 g/mol. The first-order valence-corrected chi connectivity index (χ1v) is 15.4. The Morgan fingerprint density at radius 1 is 1.28 bits per heavy atom. The van der Waals surface area contributed by atoms with E-state index >= 15 is 0 Å². The second-order valence-corrected chi connectivity index (χ2v) is 11.8. The number of nitriles is 1. The summed E-state index contributed by atoms with van der Waals surface area (Å²) < 4.78 is 37.6. The number of aliphatic hydroxyl groups excluding tert-OH is 2. The summed E-state index contributed by atoms with van der Waals surface area (Å²) in [7, 11) is -4.24. The van der Waals surface area contributed by atoms with Gasteiger partial charge in [-0.1, -0.05) is 44.9 Å². The van der Waals surface area contributed by atoms with Gasteiger partial charge in [0.15, 0.2) is 5.82 Å². The summed E-state index contributed by atoms with van der Waals surface area (Å²) in [4.78, 5) is 20.5. The predicted octanol–water partition coefficient (Wildman–Crippen LogP) is 2.84. The fourth-order valence-electron chi connectivity index (χ4n) is 4.53. The summed E-state index contributed by atoms with van der Waals surface area (Å²) in [5.41, 5.74) is 4.28. The quantitative estimate of drug-likeness (QED) is 0.144. The molecular formula is C28H35N6O8P. The molecule has 1 aliphatic rings. The van der Waals surface area contributed by atoms with Crippen molar-refractivity contribution in [3.63, 3.8) is 0 Å². The van der Waals surface area contributed by atoms with Crippen LogP contribution in [0.1, 0.15) is 39.3 Å². The number of fused-ring (bicyclic) bond motifs is 1. The van der Waals surface area contributed by atoms with Gasteiger partial charge in [0.1, 0.15) is 54.0 Å². The van der Waals surface area contributed by atoms with Crippen LogP contribution >= 0.6 is 7.60 Å². The number of nitrogens with two attached hydrogens (primary N) is 1. The predicted molar refractivity (Wildman–Crippen MR) is 155 cm³/mol. The van der Waals surface area contributed by atoms with Crippen LogP contribution in [-0.4, -0.2) is 74.3 Å². The lowest BCUT2D eigenvalue weighted by molar-refractivity contribution is -0.146. The van der Waals surface area contributed by atoms with Crippen molar-refractivity contribution < 1.29 is 38.1 Å². The van der Waals surface area contributed by atoms with Crippen LogP contribution in [0.3, 0.4) is 0 Å². The number of hydrogen-bond acceptors (Lipinski definition) is 13. The van der Waals surface area contributed by atoms with Crippen molar-refractivity contribution in [2.24, 2.45) is 10.9 Å². The highest BCUT2D eigenvalue weighted by Gasteiger charge is 2.58. The molecule has 4 N–H and O–H groups in total. The van der Waals surface area contributed by atoms with E-state index in [2.05, 4.69) is 15.1 Å². The third-order valence-corrected chi connectivity index (χ3v) is 8.66. The van der Waals surface area contributed by atoms with E-state index in [1.54, 1.807) is 36.4 Å². The van der Waals surface area contributed by atoms with E-state index in [0.717, 1.165) is 18.8 Å².